The zero-order valence-electron chi connectivity index (χ0n) is 36.9. The number of likely N-dealkylation sites (N-methyl/N-ethyl adjacent to an activating group) is 1. The van der Waals surface area contributed by atoms with Gasteiger partial charge in [0, 0.05) is 51.6 Å². The van der Waals surface area contributed by atoms with Crippen molar-refractivity contribution in [3.8, 4) is 0 Å². The molecule has 0 saturated carbocycles. The summed E-state index contributed by atoms with van der Waals surface area (Å²) in [5, 5.41) is 20.1. The first-order valence-corrected chi connectivity index (χ1v) is 21.7. The second-order valence-electron chi connectivity index (χ2n) is 16.4. The van der Waals surface area contributed by atoms with E-state index in [0.717, 1.165) is 0 Å². The van der Waals surface area contributed by atoms with Crippen LogP contribution in [0.15, 0.2) is 103 Å². The van der Waals surface area contributed by atoms with Gasteiger partial charge in [0.05, 0.1) is 0 Å². The Labute approximate surface area is 377 Å². The van der Waals surface area contributed by atoms with Gasteiger partial charge in [0.1, 0.15) is 54.3 Å². The fourth-order valence-electron chi connectivity index (χ4n) is 7.85. The number of carbonyl (C=O) groups excluding carboxylic acids is 9. The first kappa shape index (κ1) is 48.9. The van der Waals surface area contributed by atoms with E-state index < -0.39 is 90.2 Å². The highest BCUT2D eigenvalue weighted by Crippen LogP contribution is 2.26. The summed E-state index contributed by atoms with van der Waals surface area (Å²) >= 11 is 0. The van der Waals surface area contributed by atoms with Gasteiger partial charge in [-0.05, 0) is 44.6 Å². The number of amides is 7. The number of ketones is 1. The predicted octanol–water partition coefficient (Wildman–Crippen LogP) is 1.36. The summed E-state index contributed by atoms with van der Waals surface area (Å²) in [4.78, 5) is 124. The molecule has 0 bridgehead atoms. The van der Waals surface area contributed by atoms with Crippen LogP contribution in [0.3, 0.4) is 0 Å². The molecule has 1 aliphatic carbocycles. The molecule has 0 spiro atoms. The highest BCUT2D eigenvalue weighted by atomic mass is 16.5. The van der Waals surface area contributed by atoms with Crippen LogP contribution in [0.5, 0.6) is 0 Å². The van der Waals surface area contributed by atoms with Crippen LogP contribution in [0.2, 0.25) is 0 Å². The van der Waals surface area contributed by atoms with Crippen LogP contribution >= 0.6 is 0 Å². The van der Waals surface area contributed by atoms with E-state index in [1.54, 1.807) is 66.8 Å². The normalized spacial score (nSPS) is 25.6. The first-order chi connectivity index (χ1) is 31.0. The van der Waals surface area contributed by atoms with Crippen molar-refractivity contribution in [3.05, 3.63) is 108 Å². The average Bonchev–Trinajstić information content (AvgIpc) is 4.02. The van der Waals surface area contributed by atoms with E-state index in [0.29, 0.717) is 12.0 Å². The lowest BCUT2D eigenvalue weighted by Crippen LogP contribution is -2.60. The minimum Gasteiger partial charge on any atom is -0.510 e. The maximum Gasteiger partial charge on any atom is 0.328 e. The standard InChI is InChI=1S/C47H57N7O11/c1-29-25-36-47(64)65-28-34(45(62)53-24-16-19-35(53)46(63)52(4)31(3)42(59)48-30(2)44(61)54(36)27-29)50-43(60)33(26-32-17-12-11-13-18-32)49-39(57)20-14-9-7-5-6-8-10-15-21-40(58)51-41-37(55)22-23-38(41)56/h5-15,17-18,20-21,29-31,33-36,55H,16,19,22-28H2,1-4H3,(H,48,59)(H,49,57)(H,50,60)(H,51,58)/t29-,30+,31+,33-,34-,35+,36-/m0/s1. The predicted molar refractivity (Wildman–Crippen MR) is 237 cm³/mol. The molecule has 4 aliphatic rings. The lowest BCUT2D eigenvalue weighted by atomic mass is 10.0. The summed E-state index contributed by atoms with van der Waals surface area (Å²) in [6.07, 6.45) is 16.5. The minimum atomic E-state index is -1.49. The van der Waals surface area contributed by atoms with Gasteiger partial charge in [-0.1, -0.05) is 85.9 Å². The molecule has 1 aromatic rings. The van der Waals surface area contributed by atoms with Crippen molar-refractivity contribution in [1.82, 2.24) is 36.0 Å². The number of carbonyl (C=O) groups is 9. The summed E-state index contributed by atoms with van der Waals surface area (Å²) < 4.78 is 5.70. The van der Waals surface area contributed by atoms with Crippen molar-refractivity contribution in [2.24, 2.45) is 5.92 Å². The zero-order chi connectivity index (χ0) is 47.2. The van der Waals surface area contributed by atoms with Gasteiger partial charge in [0.2, 0.25) is 41.4 Å². The molecule has 346 valence electrons. The van der Waals surface area contributed by atoms with Gasteiger partial charge >= 0.3 is 5.97 Å². The van der Waals surface area contributed by atoms with Crippen molar-refractivity contribution < 1.29 is 53.0 Å². The largest absolute Gasteiger partial charge is 0.510 e. The first-order valence-electron chi connectivity index (χ1n) is 21.7. The summed E-state index contributed by atoms with van der Waals surface area (Å²) in [6, 6.07) is 2.15. The molecular formula is C47H57N7O11. The number of hydrogen-bond acceptors (Lipinski definition) is 11. The van der Waals surface area contributed by atoms with Gasteiger partial charge in [0.15, 0.2) is 5.78 Å². The summed E-state index contributed by atoms with van der Waals surface area (Å²) in [5.41, 5.74) is 0.616. The molecule has 18 heteroatoms. The number of fused-ring (bicyclic) bond motifs is 2. The topological polar surface area (TPSA) is 241 Å². The molecule has 65 heavy (non-hydrogen) atoms. The average molecular weight is 896 g/mol. The van der Waals surface area contributed by atoms with Gasteiger partial charge in [0.25, 0.3) is 0 Å². The maximum absolute atomic E-state index is 14.4. The second-order valence-corrected chi connectivity index (χ2v) is 16.4. The van der Waals surface area contributed by atoms with Gasteiger partial charge in [-0.15, -0.1) is 0 Å². The zero-order valence-corrected chi connectivity index (χ0v) is 36.9. The van der Waals surface area contributed by atoms with Crippen LogP contribution in [-0.4, -0.2) is 136 Å². The lowest BCUT2D eigenvalue weighted by Gasteiger charge is -2.34. The number of Topliss-reactive ketones (excluding diaryl/α,β-unsaturated/α-hetero) is 1. The number of rotatable bonds is 12. The van der Waals surface area contributed by atoms with E-state index in [-0.39, 0.29) is 68.4 Å². The van der Waals surface area contributed by atoms with Gasteiger partial charge in [-0.2, -0.15) is 0 Å². The Bertz CT molecular complexity index is 2200. The molecule has 0 radical (unpaired) electrons. The van der Waals surface area contributed by atoms with Crippen LogP contribution in [-0.2, 0) is 54.3 Å². The molecule has 0 unspecified atom stereocenters. The van der Waals surface area contributed by atoms with E-state index in [2.05, 4.69) is 21.3 Å². The Morgan fingerprint density at radius 2 is 1.48 bits per heavy atom. The van der Waals surface area contributed by atoms with Gasteiger partial charge < -0.3 is 45.8 Å². The fourth-order valence-corrected chi connectivity index (χ4v) is 7.85. The molecule has 3 aliphatic heterocycles. The SMILES string of the molecule is C[C@H]1C[C@H]2C(=O)OC[C@H](NC(=O)[C@H](Cc3ccccc3)NC(=O)C=CC=CC=CC=CC=CC(=O)NC3=C(O)CCC3=O)C(=O)N3CCC[C@@H]3C(=O)N(C)[C@H](C)C(=O)N[C@H](C)C(=O)N2C1. The second kappa shape index (κ2) is 23.0. The number of ether oxygens (including phenoxy) is 1. The van der Waals surface area contributed by atoms with E-state index in [1.807, 2.05) is 6.92 Å². The molecule has 3 saturated heterocycles. The van der Waals surface area contributed by atoms with Crippen molar-refractivity contribution in [1.29, 1.82) is 0 Å². The van der Waals surface area contributed by atoms with Crippen LogP contribution in [0.4, 0.5) is 0 Å². The molecule has 3 fully saturated rings. The van der Waals surface area contributed by atoms with Gasteiger partial charge in [-0.3, -0.25) is 38.4 Å². The number of allylic oxidation sites excluding steroid dienone is 10. The number of benzene rings is 1. The Balaban J connectivity index is 1.29. The monoisotopic (exact) mass is 895 g/mol. The van der Waals surface area contributed by atoms with Crippen LogP contribution in [0.1, 0.15) is 58.4 Å². The maximum atomic E-state index is 14.4. The lowest BCUT2D eigenvalue weighted by molar-refractivity contribution is -0.158. The minimum absolute atomic E-state index is 0.0250. The van der Waals surface area contributed by atoms with Crippen molar-refractivity contribution in [2.75, 3.05) is 26.7 Å². The molecule has 3 heterocycles. The quantitative estimate of drug-likeness (QED) is 0.114. The third-order valence-corrected chi connectivity index (χ3v) is 11.5. The molecule has 0 aromatic heterocycles. The number of aliphatic hydroxyl groups is 1. The number of cyclic esters (lactones) is 1. The number of esters is 1. The van der Waals surface area contributed by atoms with E-state index in [1.165, 1.54) is 59.9 Å². The molecule has 1 aromatic carbocycles. The van der Waals surface area contributed by atoms with E-state index in [4.69, 9.17) is 4.74 Å². The number of nitrogens with one attached hydrogen (secondary N) is 4. The third kappa shape index (κ3) is 13.2. The number of hydrogen-bond donors (Lipinski definition) is 5. The highest BCUT2D eigenvalue weighted by molar-refractivity contribution is 6.03. The number of aliphatic hydroxyl groups excluding tert-OH is 1. The number of nitrogens with zero attached hydrogens (tertiary/aromatic N) is 3. The summed E-state index contributed by atoms with van der Waals surface area (Å²) in [6.45, 7) is 4.65. The summed E-state index contributed by atoms with van der Waals surface area (Å²) in [5.74, 6) is -5.59. The van der Waals surface area contributed by atoms with Crippen LogP contribution in [0.25, 0.3) is 0 Å². The molecular weight excluding hydrogens is 839 g/mol. The molecule has 18 nitrogen and oxygen atoms in total. The Morgan fingerprint density at radius 3 is 2.12 bits per heavy atom. The van der Waals surface area contributed by atoms with Gasteiger partial charge in [-0.25, -0.2) is 4.79 Å². The van der Waals surface area contributed by atoms with Crippen molar-refractivity contribution >= 4 is 53.1 Å². The Kier molecular flexibility index (Phi) is 17.3. The molecule has 7 atom stereocenters. The van der Waals surface area contributed by atoms with Crippen molar-refractivity contribution in [2.45, 2.75) is 95.5 Å². The molecule has 7 amide bonds. The van der Waals surface area contributed by atoms with Crippen LogP contribution in [0, 0.1) is 5.92 Å². The van der Waals surface area contributed by atoms with Crippen LogP contribution < -0.4 is 21.3 Å². The Morgan fingerprint density at radius 1 is 0.831 bits per heavy atom. The van der Waals surface area contributed by atoms with E-state index >= 15 is 0 Å². The smallest absolute Gasteiger partial charge is 0.328 e. The highest BCUT2D eigenvalue weighted by Gasteiger charge is 2.44. The van der Waals surface area contributed by atoms with Crippen molar-refractivity contribution in [3.63, 3.8) is 0 Å². The van der Waals surface area contributed by atoms with E-state index in [9.17, 15) is 48.3 Å². The fraction of sp³-hybridized carbons (Fsp3) is 0.426. The molecule has 5 rings (SSSR count). The third-order valence-electron chi connectivity index (χ3n) is 11.5. The Hall–Kier alpha value is -7.11. The molecule has 5 N–H and O–H groups in total. The summed E-state index contributed by atoms with van der Waals surface area (Å²) in [7, 11) is 1.44.